The van der Waals surface area contributed by atoms with Crippen molar-refractivity contribution < 1.29 is 13.6 Å². The summed E-state index contributed by atoms with van der Waals surface area (Å²) in [6.45, 7) is 4.38. The first-order chi connectivity index (χ1) is 9.67. The molecule has 0 radical (unpaired) electrons. The van der Waals surface area contributed by atoms with Crippen LogP contribution in [0.2, 0.25) is 0 Å². The van der Waals surface area contributed by atoms with Crippen LogP contribution in [0.3, 0.4) is 0 Å². The van der Waals surface area contributed by atoms with E-state index in [4.69, 9.17) is 9.05 Å². The maximum Gasteiger partial charge on any atom is 0.335 e. The molecule has 1 aromatic heterocycles. The third-order valence-electron chi connectivity index (χ3n) is 2.73. The molecule has 1 aromatic carbocycles. The Kier molecular flexibility index (Phi) is 5.12. The van der Waals surface area contributed by atoms with Gasteiger partial charge in [-0.05, 0) is 37.6 Å². The van der Waals surface area contributed by atoms with Crippen molar-refractivity contribution in [1.29, 1.82) is 0 Å². The van der Waals surface area contributed by atoms with Gasteiger partial charge in [0.15, 0.2) is 0 Å². The summed E-state index contributed by atoms with van der Waals surface area (Å²) < 4.78 is 24.8. The molecule has 0 aliphatic heterocycles. The lowest BCUT2D eigenvalue weighted by Crippen LogP contribution is -2.00. The van der Waals surface area contributed by atoms with Crippen molar-refractivity contribution in [3.63, 3.8) is 0 Å². The molecule has 0 atom stereocenters. The molecular weight excluding hydrogens is 275 g/mol. The Hall–Kier alpha value is -1.42. The molecule has 5 nitrogen and oxygen atoms in total. The Balaban J connectivity index is 2.11. The molecule has 2 rings (SSSR count). The summed E-state index contributed by atoms with van der Waals surface area (Å²) in [6, 6.07) is 9.57. The molecule has 0 unspecified atom stereocenters. The first kappa shape index (κ1) is 15.0. The van der Waals surface area contributed by atoms with Crippen LogP contribution in [-0.2, 0) is 19.8 Å². The van der Waals surface area contributed by atoms with Crippen molar-refractivity contribution in [3.8, 4) is 5.69 Å². The largest absolute Gasteiger partial charge is 0.335 e. The summed E-state index contributed by atoms with van der Waals surface area (Å²) in [7, 11) is -3.04. The van der Waals surface area contributed by atoms with Gasteiger partial charge in [-0.1, -0.05) is 12.1 Å². The Morgan fingerprint density at radius 3 is 2.30 bits per heavy atom. The van der Waals surface area contributed by atoms with E-state index in [1.165, 1.54) is 0 Å². The molecule has 0 saturated carbocycles. The highest BCUT2D eigenvalue weighted by molar-refractivity contribution is 7.53. The van der Waals surface area contributed by atoms with E-state index in [1.807, 2.05) is 50.4 Å². The SMILES string of the molecule is CCOP(=O)(Cc1ccc(-n2cccn2)cc1)OCC. The molecule has 0 spiro atoms. The van der Waals surface area contributed by atoms with Crippen LogP contribution in [0.4, 0.5) is 0 Å². The van der Waals surface area contributed by atoms with Crippen LogP contribution in [0.15, 0.2) is 42.7 Å². The van der Waals surface area contributed by atoms with Crippen LogP contribution < -0.4 is 0 Å². The van der Waals surface area contributed by atoms with Gasteiger partial charge < -0.3 is 9.05 Å². The molecule has 0 aliphatic carbocycles. The van der Waals surface area contributed by atoms with E-state index >= 15 is 0 Å². The highest BCUT2D eigenvalue weighted by Gasteiger charge is 2.23. The van der Waals surface area contributed by atoms with Gasteiger partial charge in [0.05, 0.1) is 25.1 Å². The maximum absolute atomic E-state index is 12.4. The van der Waals surface area contributed by atoms with Crippen LogP contribution in [0.1, 0.15) is 19.4 Å². The molecule has 6 heteroatoms. The van der Waals surface area contributed by atoms with Gasteiger partial charge in [-0.2, -0.15) is 5.10 Å². The zero-order valence-electron chi connectivity index (χ0n) is 11.7. The van der Waals surface area contributed by atoms with Crippen molar-refractivity contribution >= 4 is 7.60 Å². The van der Waals surface area contributed by atoms with Crippen molar-refractivity contribution in [2.24, 2.45) is 0 Å². The van der Waals surface area contributed by atoms with Crippen LogP contribution in [0.25, 0.3) is 5.69 Å². The van der Waals surface area contributed by atoms with E-state index < -0.39 is 7.60 Å². The molecule has 0 saturated heterocycles. The Labute approximate surface area is 119 Å². The summed E-state index contributed by atoms with van der Waals surface area (Å²) in [6.07, 6.45) is 3.89. The third kappa shape index (κ3) is 3.79. The van der Waals surface area contributed by atoms with Crippen molar-refractivity contribution in [2.45, 2.75) is 20.0 Å². The molecule has 0 aliphatic rings. The zero-order valence-corrected chi connectivity index (χ0v) is 12.6. The Morgan fingerprint density at radius 1 is 1.15 bits per heavy atom. The van der Waals surface area contributed by atoms with Gasteiger partial charge in [0.25, 0.3) is 0 Å². The van der Waals surface area contributed by atoms with Gasteiger partial charge in [0, 0.05) is 12.4 Å². The number of hydrogen-bond donors (Lipinski definition) is 0. The fraction of sp³-hybridized carbons (Fsp3) is 0.357. The highest BCUT2D eigenvalue weighted by Crippen LogP contribution is 2.51. The van der Waals surface area contributed by atoms with E-state index in [0.717, 1.165) is 11.3 Å². The maximum atomic E-state index is 12.4. The van der Waals surface area contributed by atoms with Crippen LogP contribution in [0, 0.1) is 0 Å². The average Bonchev–Trinajstić information content (AvgIpc) is 2.94. The van der Waals surface area contributed by atoms with Crippen LogP contribution >= 0.6 is 7.60 Å². The number of aromatic nitrogens is 2. The van der Waals surface area contributed by atoms with Gasteiger partial charge in [-0.15, -0.1) is 0 Å². The predicted octanol–water partition coefficient (Wildman–Crippen LogP) is 3.64. The fourth-order valence-electron chi connectivity index (χ4n) is 1.92. The van der Waals surface area contributed by atoms with E-state index in [9.17, 15) is 4.57 Å². The molecule has 0 amide bonds. The number of benzene rings is 1. The van der Waals surface area contributed by atoms with Crippen molar-refractivity contribution in [1.82, 2.24) is 9.78 Å². The summed E-state index contributed by atoms with van der Waals surface area (Å²) in [5, 5.41) is 4.16. The van der Waals surface area contributed by atoms with E-state index in [1.54, 1.807) is 10.9 Å². The minimum absolute atomic E-state index is 0.286. The molecule has 20 heavy (non-hydrogen) atoms. The number of hydrogen-bond acceptors (Lipinski definition) is 4. The zero-order chi connectivity index (χ0) is 14.4. The molecule has 0 fully saturated rings. The van der Waals surface area contributed by atoms with Gasteiger partial charge in [-0.25, -0.2) is 4.68 Å². The first-order valence-electron chi connectivity index (χ1n) is 6.64. The number of rotatable bonds is 7. The second kappa shape index (κ2) is 6.84. The highest BCUT2D eigenvalue weighted by atomic mass is 31.2. The summed E-state index contributed by atoms with van der Waals surface area (Å²) in [5.74, 6) is 0. The summed E-state index contributed by atoms with van der Waals surface area (Å²) >= 11 is 0. The first-order valence-corrected chi connectivity index (χ1v) is 8.37. The normalized spacial score (nSPS) is 11.7. The fourth-order valence-corrected chi connectivity index (χ4v) is 3.62. The lowest BCUT2D eigenvalue weighted by Gasteiger charge is -2.17. The number of nitrogens with zero attached hydrogens (tertiary/aromatic N) is 2. The Bertz CT molecular complexity index is 557. The second-order valence-corrected chi connectivity index (χ2v) is 6.28. The standard InChI is InChI=1S/C14H19N2O3P/c1-3-18-20(17,19-4-2)12-13-6-8-14(9-7-13)16-11-5-10-15-16/h5-11H,3-4,12H2,1-2H3. The Morgan fingerprint density at radius 2 is 1.80 bits per heavy atom. The molecule has 108 valence electrons. The van der Waals surface area contributed by atoms with E-state index in [-0.39, 0.29) is 6.16 Å². The summed E-state index contributed by atoms with van der Waals surface area (Å²) in [5.41, 5.74) is 1.88. The minimum Gasteiger partial charge on any atom is -0.309 e. The van der Waals surface area contributed by atoms with E-state index in [0.29, 0.717) is 13.2 Å². The van der Waals surface area contributed by atoms with Crippen molar-refractivity contribution in [3.05, 3.63) is 48.3 Å². The molecule has 0 bridgehead atoms. The smallest absolute Gasteiger partial charge is 0.309 e. The van der Waals surface area contributed by atoms with Gasteiger partial charge in [-0.3, -0.25) is 4.57 Å². The summed E-state index contributed by atoms with van der Waals surface area (Å²) in [4.78, 5) is 0. The van der Waals surface area contributed by atoms with Crippen molar-refractivity contribution in [2.75, 3.05) is 13.2 Å². The monoisotopic (exact) mass is 294 g/mol. The minimum atomic E-state index is -3.04. The van der Waals surface area contributed by atoms with E-state index in [2.05, 4.69) is 5.10 Å². The third-order valence-corrected chi connectivity index (χ3v) is 4.79. The average molecular weight is 294 g/mol. The lowest BCUT2D eigenvalue weighted by molar-refractivity contribution is 0.219. The predicted molar refractivity (Wildman–Crippen MR) is 78.1 cm³/mol. The van der Waals surface area contributed by atoms with Gasteiger partial charge in [0.1, 0.15) is 0 Å². The van der Waals surface area contributed by atoms with Crippen LogP contribution in [-0.4, -0.2) is 23.0 Å². The topological polar surface area (TPSA) is 53.4 Å². The lowest BCUT2D eigenvalue weighted by atomic mass is 10.2. The quantitative estimate of drug-likeness (QED) is 0.732. The second-order valence-electron chi connectivity index (χ2n) is 4.22. The van der Waals surface area contributed by atoms with Crippen LogP contribution in [0.5, 0.6) is 0 Å². The molecular formula is C14H19N2O3P. The molecule has 1 heterocycles. The molecule has 0 N–H and O–H groups in total. The van der Waals surface area contributed by atoms with Gasteiger partial charge >= 0.3 is 7.60 Å². The molecule has 2 aromatic rings. The van der Waals surface area contributed by atoms with Gasteiger partial charge in [0.2, 0.25) is 0 Å².